The van der Waals surface area contributed by atoms with Crippen molar-refractivity contribution in [3.63, 3.8) is 0 Å². The normalized spacial score (nSPS) is 20.9. The Balaban J connectivity index is 1.31. The maximum atomic E-state index is 13.2. The molecule has 180 valence electrons. The van der Waals surface area contributed by atoms with Gasteiger partial charge in [-0.25, -0.2) is 13.4 Å². The first-order valence-corrected chi connectivity index (χ1v) is 13.7. The molecule has 0 spiro atoms. The lowest BCUT2D eigenvalue weighted by Crippen LogP contribution is -2.43. The number of amides is 1. The summed E-state index contributed by atoms with van der Waals surface area (Å²) in [6, 6.07) is 5.98. The molecule has 0 N–H and O–H groups in total. The fourth-order valence-electron chi connectivity index (χ4n) is 5.31. The molecule has 2 aromatic rings. The molecule has 2 heterocycles. The molecule has 1 saturated heterocycles. The summed E-state index contributed by atoms with van der Waals surface area (Å²) < 4.78 is 34.8. The highest BCUT2D eigenvalue weighted by Gasteiger charge is 2.37. The number of hydrogen-bond donors (Lipinski definition) is 0. The molecule has 1 aromatic heterocycles. The molecule has 0 bridgehead atoms. The van der Waals surface area contributed by atoms with E-state index in [9.17, 15) is 13.2 Å². The largest absolute Gasteiger partial charge is 0.379 e. The third-order valence-electron chi connectivity index (χ3n) is 7.31. The Kier molecular flexibility index (Phi) is 6.46. The predicted molar refractivity (Wildman–Crippen MR) is 125 cm³/mol. The van der Waals surface area contributed by atoms with Gasteiger partial charge in [0, 0.05) is 45.1 Å². The van der Waals surface area contributed by atoms with E-state index in [0.717, 1.165) is 37.0 Å². The number of fused-ring (bicyclic) bond motifs is 1. The highest BCUT2D eigenvalue weighted by Crippen LogP contribution is 2.34. The zero-order chi connectivity index (χ0) is 23.0. The number of imidazole rings is 1. The number of nitrogens with zero attached hydrogens (tertiary/aromatic N) is 4. The maximum Gasteiger partial charge on any atom is 0.243 e. The van der Waals surface area contributed by atoms with Crippen molar-refractivity contribution in [3.05, 3.63) is 24.0 Å². The van der Waals surface area contributed by atoms with Gasteiger partial charge in [0.2, 0.25) is 15.9 Å². The van der Waals surface area contributed by atoms with Crippen LogP contribution in [0, 0.1) is 0 Å². The molecule has 33 heavy (non-hydrogen) atoms. The van der Waals surface area contributed by atoms with Crippen molar-refractivity contribution in [1.82, 2.24) is 18.8 Å². The fraction of sp³-hybridized carbons (Fsp3) is 0.667. The third-order valence-corrected chi connectivity index (χ3v) is 9.21. The van der Waals surface area contributed by atoms with Gasteiger partial charge in [0.25, 0.3) is 0 Å². The average molecular weight is 475 g/mol. The van der Waals surface area contributed by atoms with Gasteiger partial charge in [-0.05, 0) is 43.9 Å². The van der Waals surface area contributed by atoms with Crippen molar-refractivity contribution >= 4 is 27.0 Å². The first-order chi connectivity index (χ1) is 15.9. The molecule has 3 fully saturated rings. The smallest absolute Gasteiger partial charge is 0.243 e. The first-order valence-electron chi connectivity index (χ1n) is 12.3. The van der Waals surface area contributed by atoms with Gasteiger partial charge in [0.15, 0.2) is 0 Å². The van der Waals surface area contributed by atoms with Crippen LogP contribution in [0.2, 0.25) is 0 Å². The van der Waals surface area contributed by atoms with Crippen molar-refractivity contribution in [2.75, 3.05) is 26.3 Å². The van der Waals surface area contributed by atoms with Crippen LogP contribution < -0.4 is 0 Å². The predicted octanol–water partition coefficient (Wildman–Crippen LogP) is 2.85. The van der Waals surface area contributed by atoms with E-state index < -0.39 is 10.0 Å². The van der Waals surface area contributed by atoms with Crippen LogP contribution in [0.15, 0.2) is 23.1 Å². The molecule has 3 aliphatic rings. The van der Waals surface area contributed by atoms with Crippen LogP contribution >= 0.6 is 0 Å². The van der Waals surface area contributed by atoms with Crippen LogP contribution in [0.5, 0.6) is 0 Å². The molecule has 1 aromatic carbocycles. The Morgan fingerprint density at radius 1 is 1.09 bits per heavy atom. The zero-order valence-corrected chi connectivity index (χ0v) is 20.2. The standard InChI is InChI=1S/C24H34N4O4S/c1-26-22-10-9-20(33(30,31)27-13-15-32-16-14-27)17-21(22)25-23(26)11-12-24(29)28(19-7-8-19)18-5-3-2-4-6-18/h9-10,17-19H,2-8,11-16H2,1H3. The van der Waals surface area contributed by atoms with E-state index >= 15 is 0 Å². The highest BCUT2D eigenvalue weighted by molar-refractivity contribution is 7.89. The number of benzene rings is 1. The monoisotopic (exact) mass is 474 g/mol. The third kappa shape index (κ3) is 4.68. The van der Waals surface area contributed by atoms with Crippen molar-refractivity contribution in [1.29, 1.82) is 0 Å². The van der Waals surface area contributed by atoms with Gasteiger partial charge in [-0.2, -0.15) is 4.31 Å². The van der Waals surface area contributed by atoms with Crippen LogP contribution in [0.1, 0.15) is 57.2 Å². The second-order valence-electron chi connectivity index (χ2n) is 9.58. The second-order valence-corrected chi connectivity index (χ2v) is 11.5. The Bertz CT molecular complexity index is 1110. The molecule has 0 radical (unpaired) electrons. The van der Waals surface area contributed by atoms with E-state index in [-0.39, 0.29) is 10.8 Å². The van der Waals surface area contributed by atoms with Crippen LogP contribution in [0.25, 0.3) is 11.0 Å². The number of aryl methyl sites for hydroxylation is 2. The summed E-state index contributed by atoms with van der Waals surface area (Å²) in [6.07, 6.45) is 9.28. The molecule has 1 amide bonds. The van der Waals surface area contributed by atoms with Crippen molar-refractivity contribution in [2.45, 2.75) is 74.8 Å². The van der Waals surface area contributed by atoms with E-state index in [1.807, 2.05) is 17.7 Å². The molecule has 9 heteroatoms. The van der Waals surface area contributed by atoms with Crippen molar-refractivity contribution in [2.24, 2.45) is 7.05 Å². The molecular weight excluding hydrogens is 440 g/mol. The summed E-state index contributed by atoms with van der Waals surface area (Å²) in [6.45, 7) is 1.58. The number of rotatable bonds is 7. The molecule has 0 unspecified atom stereocenters. The molecule has 1 aliphatic heterocycles. The topological polar surface area (TPSA) is 84.7 Å². The summed E-state index contributed by atoms with van der Waals surface area (Å²) in [7, 11) is -1.63. The lowest BCUT2D eigenvalue weighted by atomic mass is 9.93. The van der Waals surface area contributed by atoms with Crippen LogP contribution in [-0.2, 0) is 33.0 Å². The van der Waals surface area contributed by atoms with Crippen molar-refractivity contribution in [3.8, 4) is 0 Å². The SMILES string of the molecule is Cn1c(CCC(=O)N(C2CCCCC2)C2CC2)nc2cc(S(=O)(=O)N3CCOCC3)ccc21. The Morgan fingerprint density at radius 3 is 2.48 bits per heavy atom. The second kappa shape index (κ2) is 9.35. The van der Waals surface area contributed by atoms with Crippen LogP contribution in [-0.4, -0.2) is 71.5 Å². The molecule has 2 aliphatic carbocycles. The first kappa shape index (κ1) is 22.8. The van der Waals surface area contributed by atoms with E-state index in [2.05, 4.69) is 4.90 Å². The Morgan fingerprint density at radius 2 is 1.79 bits per heavy atom. The Labute approximate surface area is 195 Å². The fourth-order valence-corrected chi connectivity index (χ4v) is 6.74. The van der Waals surface area contributed by atoms with Gasteiger partial charge in [0.05, 0.1) is 29.1 Å². The molecular formula is C24H34N4O4S. The zero-order valence-electron chi connectivity index (χ0n) is 19.4. The van der Waals surface area contributed by atoms with Gasteiger partial charge in [0.1, 0.15) is 5.82 Å². The minimum Gasteiger partial charge on any atom is -0.379 e. The van der Waals surface area contributed by atoms with Crippen molar-refractivity contribution < 1.29 is 17.9 Å². The van der Waals surface area contributed by atoms with Gasteiger partial charge >= 0.3 is 0 Å². The quantitative estimate of drug-likeness (QED) is 0.616. The molecule has 5 rings (SSSR count). The number of morpholine rings is 1. The Hall–Kier alpha value is -1.97. The van der Waals surface area contributed by atoms with Gasteiger partial charge in [-0.1, -0.05) is 19.3 Å². The number of carbonyl (C=O) groups is 1. The van der Waals surface area contributed by atoms with Crippen LogP contribution in [0.3, 0.4) is 0 Å². The van der Waals surface area contributed by atoms with E-state index in [1.54, 1.807) is 12.1 Å². The number of carbonyl (C=O) groups excluding carboxylic acids is 1. The van der Waals surface area contributed by atoms with Gasteiger partial charge in [-0.3, -0.25) is 4.79 Å². The van der Waals surface area contributed by atoms with Gasteiger partial charge < -0.3 is 14.2 Å². The molecule has 8 nitrogen and oxygen atoms in total. The molecule has 0 atom stereocenters. The van der Waals surface area contributed by atoms with Crippen LogP contribution in [0.4, 0.5) is 0 Å². The highest BCUT2D eigenvalue weighted by atomic mass is 32.2. The minimum absolute atomic E-state index is 0.243. The summed E-state index contributed by atoms with van der Waals surface area (Å²) in [4.78, 5) is 20.3. The minimum atomic E-state index is -3.57. The summed E-state index contributed by atoms with van der Waals surface area (Å²) in [5.41, 5.74) is 1.53. The summed E-state index contributed by atoms with van der Waals surface area (Å²) in [5, 5.41) is 0. The van der Waals surface area contributed by atoms with E-state index in [1.165, 1.54) is 23.6 Å². The summed E-state index contributed by atoms with van der Waals surface area (Å²) in [5.74, 6) is 1.06. The summed E-state index contributed by atoms with van der Waals surface area (Å²) >= 11 is 0. The van der Waals surface area contributed by atoms with E-state index in [4.69, 9.17) is 9.72 Å². The number of hydrogen-bond acceptors (Lipinski definition) is 5. The van der Waals surface area contributed by atoms with Gasteiger partial charge in [-0.15, -0.1) is 0 Å². The number of ether oxygens (including phenoxy) is 1. The number of aromatic nitrogens is 2. The molecule has 2 saturated carbocycles. The maximum absolute atomic E-state index is 13.2. The lowest BCUT2D eigenvalue weighted by Gasteiger charge is -2.34. The van der Waals surface area contributed by atoms with E-state index in [0.29, 0.717) is 56.7 Å². The number of sulfonamides is 1. The average Bonchev–Trinajstić information content (AvgIpc) is 3.62. The lowest BCUT2D eigenvalue weighted by molar-refractivity contribution is -0.134.